The van der Waals surface area contributed by atoms with E-state index in [0.717, 1.165) is 32.1 Å². The van der Waals surface area contributed by atoms with Crippen molar-refractivity contribution in [3.8, 4) is 0 Å². The van der Waals surface area contributed by atoms with Gasteiger partial charge in [0.05, 0.1) is 11.7 Å². The number of pyridine rings is 1. The van der Waals surface area contributed by atoms with Crippen molar-refractivity contribution in [3.05, 3.63) is 41.9 Å². The molecule has 0 aromatic carbocycles. The maximum absolute atomic E-state index is 12.4. The fourth-order valence-corrected chi connectivity index (χ4v) is 2.81. The topological polar surface area (TPSA) is 74.2 Å². The van der Waals surface area contributed by atoms with Crippen molar-refractivity contribution in [3.63, 3.8) is 0 Å². The van der Waals surface area contributed by atoms with Crippen molar-refractivity contribution in [1.82, 2.24) is 19.9 Å². The molecule has 3 heterocycles. The molecule has 24 heavy (non-hydrogen) atoms. The first-order valence-electron chi connectivity index (χ1n) is 7.82. The maximum atomic E-state index is 12.4. The summed E-state index contributed by atoms with van der Waals surface area (Å²) in [5.74, 6) is 0.644. The molecule has 8 heteroatoms. The van der Waals surface area contributed by atoms with Gasteiger partial charge in [-0.1, -0.05) is 11.6 Å². The first-order valence-corrected chi connectivity index (χ1v) is 8.20. The van der Waals surface area contributed by atoms with Crippen LogP contribution in [0.15, 0.2) is 36.8 Å². The monoisotopic (exact) mass is 346 g/mol. The van der Waals surface area contributed by atoms with Crippen molar-refractivity contribution in [1.29, 1.82) is 0 Å². The van der Waals surface area contributed by atoms with Gasteiger partial charge in [-0.25, -0.2) is 15.0 Å². The number of nitrogens with zero attached hydrogens (tertiary/aromatic N) is 5. The number of aromatic nitrogens is 3. The number of hydrogen-bond acceptors (Lipinski definition) is 6. The highest BCUT2D eigenvalue weighted by Gasteiger charge is 2.26. The smallest absolute Gasteiger partial charge is 0.241 e. The Hall–Kier alpha value is -2.25. The van der Waals surface area contributed by atoms with Crippen LogP contribution in [0, 0.1) is 0 Å². The molecule has 3 rings (SSSR count). The molecule has 1 fully saturated rings. The molecule has 0 bridgehead atoms. The van der Waals surface area contributed by atoms with E-state index in [0.29, 0.717) is 10.8 Å². The summed E-state index contributed by atoms with van der Waals surface area (Å²) >= 11 is 5.99. The van der Waals surface area contributed by atoms with E-state index in [9.17, 15) is 4.79 Å². The van der Waals surface area contributed by atoms with E-state index in [2.05, 4.69) is 30.1 Å². The van der Waals surface area contributed by atoms with Gasteiger partial charge in [-0.15, -0.1) is 0 Å². The first kappa shape index (κ1) is 16.6. The van der Waals surface area contributed by atoms with Crippen molar-refractivity contribution in [2.45, 2.75) is 13.0 Å². The fourth-order valence-electron chi connectivity index (χ4n) is 2.65. The normalized spacial score (nSPS) is 16.7. The Labute approximate surface area is 145 Å². The molecule has 1 aliphatic rings. The summed E-state index contributed by atoms with van der Waals surface area (Å²) in [4.78, 5) is 29.2. The number of rotatable bonds is 4. The molecule has 0 saturated carbocycles. The number of nitrogens with one attached hydrogen (secondary N) is 1. The number of anilines is 2. The molecule has 0 radical (unpaired) electrons. The second-order valence-electron chi connectivity index (χ2n) is 5.58. The molecular formula is C16H19ClN6O. The molecule has 0 unspecified atom stereocenters. The predicted molar refractivity (Wildman–Crippen MR) is 93.2 cm³/mol. The molecule has 1 amide bonds. The zero-order valence-electron chi connectivity index (χ0n) is 13.4. The second kappa shape index (κ2) is 7.55. The van der Waals surface area contributed by atoms with Gasteiger partial charge < -0.3 is 10.2 Å². The third-order valence-electron chi connectivity index (χ3n) is 4.09. The summed E-state index contributed by atoms with van der Waals surface area (Å²) in [5, 5.41) is 3.13. The maximum Gasteiger partial charge on any atom is 0.241 e. The number of hydrogen-bond donors (Lipinski definition) is 1. The van der Waals surface area contributed by atoms with Crippen LogP contribution in [0.4, 0.5) is 11.6 Å². The van der Waals surface area contributed by atoms with Gasteiger partial charge >= 0.3 is 0 Å². The van der Waals surface area contributed by atoms with E-state index in [4.69, 9.17) is 11.6 Å². The minimum absolute atomic E-state index is 0.0886. The molecular weight excluding hydrogens is 328 g/mol. The molecule has 1 atom stereocenters. The number of carbonyl (C=O) groups excluding carboxylic acids is 1. The quantitative estimate of drug-likeness (QED) is 0.849. The lowest BCUT2D eigenvalue weighted by molar-refractivity contribution is -0.120. The first-order chi connectivity index (χ1) is 11.6. The molecule has 1 saturated heterocycles. The lowest BCUT2D eigenvalue weighted by Crippen LogP contribution is -2.53. The van der Waals surface area contributed by atoms with Crippen LogP contribution < -0.4 is 10.2 Å². The van der Waals surface area contributed by atoms with E-state index in [1.807, 2.05) is 6.92 Å². The average molecular weight is 347 g/mol. The fraction of sp³-hybridized carbons (Fsp3) is 0.375. The van der Waals surface area contributed by atoms with E-state index in [-0.39, 0.29) is 11.9 Å². The van der Waals surface area contributed by atoms with Gasteiger partial charge in [-0.2, -0.15) is 0 Å². The van der Waals surface area contributed by atoms with Crippen molar-refractivity contribution < 1.29 is 4.79 Å². The van der Waals surface area contributed by atoms with E-state index in [1.165, 1.54) is 0 Å². The average Bonchev–Trinajstić information content (AvgIpc) is 2.64. The minimum Gasteiger partial charge on any atom is -0.338 e. The SMILES string of the molecule is C[C@@H](C(=O)Nc1cccnc1Cl)N1CCN(c2ncccn2)CC1. The molecule has 2 aromatic rings. The zero-order valence-corrected chi connectivity index (χ0v) is 14.1. The molecule has 2 aromatic heterocycles. The van der Waals surface area contributed by atoms with Crippen LogP contribution in [-0.4, -0.2) is 58.0 Å². The Bertz CT molecular complexity index is 690. The Balaban J connectivity index is 1.56. The molecule has 1 aliphatic heterocycles. The van der Waals surface area contributed by atoms with Crippen LogP contribution in [-0.2, 0) is 4.79 Å². The predicted octanol–water partition coefficient (Wildman–Crippen LogP) is 1.67. The lowest BCUT2D eigenvalue weighted by atomic mass is 10.2. The van der Waals surface area contributed by atoms with Gasteiger partial charge in [0, 0.05) is 44.8 Å². The van der Waals surface area contributed by atoms with Gasteiger partial charge in [0.25, 0.3) is 0 Å². The van der Waals surface area contributed by atoms with Crippen LogP contribution in [0.25, 0.3) is 0 Å². The summed E-state index contributed by atoms with van der Waals surface area (Å²) in [6, 6.07) is 5.03. The van der Waals surface area contributed by atoms with Gasteiger partial charge in [-0.05, 0) is 25.1 Å². The van der Waals surface area contributed by atoms with E-state index < -0.39 is 0 Å². The molecule has 0 spiro atoms. The van der Waals surface area contributed by atoms with Crippen molar-refractivity contribution in [2.24, 2.45) is 0 Å². The van der Waals surface area contributed by atoms with Crippen LogP contribution in [0.3, 0.4) is 0 Å². The van der Waals surface area contributed by atoms with Gasteiger partial charge in [0.2, 0.25) is 11.9 Å². The highest BCUT2D eigenvalue weighted by molar-refractivity contribution is 6.32. The van der Waals surface area contributed by atoms with Gasteiger partial charge in [0.1, 0.15) is 0 Å². The number of carbonyl (C=O) groups is 1. The number of piperazine rings is 1. The van der Waals surface area contributed by atoms with Crippen LogP contribution >= 0.6 is 11.6 Å². The second-order valence-corrected chi connectivity index (χ2v) is 5.94. The molecule has 7 nitrogen and oxygen atoms in total. The summed E-state index contributed by atoms with van der Waals surface area (Å²) in [5.41, 5.74) is 0.535. The van der Waals surface area contributed by atoms with Crippen LogP contribution in [0.2, 0.25) is 5.15 Å². The Morgan fingerprint density at radius 1 is 1.12 bits per heavy atom. The highest BCUT2D eigenvalue weighted by atomic mass is 35.5. The zero-order chi connectivity index (χ0) is 16.9. The summed E-state index contributed by atoms with van der Waals surface area (Å²) in [6.45, 7) is 5.01. The minimum atomic E-state index is -0.250. The lowest BCUT2D eigenvalue weighted by Gasteiger charge is -2.37. The third kappa shape index (κ3) is 3.80. The number of amides is 1. The Morgan fingerprint density at radius 3 is 2.46 bits per heavy atom. The molecule has 1 N–H and O–H groups in total. The Kier molecular flexibility index (Phi) is 5.22. The van der Waals surface area contributed by atoms with Gasteiger partial charge in [-0.3, -0.25) is 9.69 Å². The summed E-state index contributed by atoms with van der Waals surface area (Å²) in [7, 11) is 0. The number of halogens is 1. The largest absolute Gasteiger partial charge is 0.338 e. The molecule has 126 valence electrons. The van der Waals surface area contributed by atoms with E-state index >= 15 is 0 Å². The standard InChI is InChI=1S/C16H19ClN6O/c1-12(15(24)21-13-4-2-5-18-14(13)17)22-8-10-23(11-9-22)16-19-6-3-7-20-16/h2-7,12H,8-11H2,1H3,(H,21,24)/t12-/m0/s1. The highest BCUT2D eigenvalue weighted by Crippen LogP contribution is 2.19. The summed E-state index contributed by atoms with van der Waals surface area (Å²) in [6.07, 6.45) is 5.07. The third-order valence-corrected chi connectivity index (χ3v) is 4.39. The van der Waals surface area contributed by atoms with Crippen LogP contribution in [0.1, 0.15) is 6.92 Å². The van der Waals surface area contributed by atoms with Crippen molar-refractivity contribution in [2.75, 3.05) is 36.4 Å². The van der Waals surface area contributed by atoms with E-state index in [1.54, 1.807) is 36.8 Å². The van der Waals surface area contributed by atoms with Gasteiger partial charge in [0.15, 0.2) is 5.15 Å². The summed E-state index contributed by atoms with van der Waals surface area (Å²) < 4.78 is 0. The Morgan fingerprint density at radius 2 is 1.79 bits per heavy atom. The van der Waals surface area contributed by atoms with Crippen molar-refractivity contribution >= 4 is 29.1 Å². The molecule has 0 aliphatic carbocycles. The van der Waals surface area contributed by atoms with Crippen LogP contribution in [0.5, 0.6) is 0 Å².